The van der Waals surface area contributed by atoms with Crippen molar-refractivity contribution < 1.29 is 0 Å². The highest BCUT2D eigenvalue weighted by Gasteiger charge is 2.53. The molecule has 0 aromatic heterocycles. The third-order valence-electron chi connectivity index (χ3n) is 13.5. The second-order valence-corrected chi connectivity index (χ2v) is 17.1. The Kier molecular flexibility index (Phi) is 8.90. The van der Waals surface area contributed by atoms with Crippen molar-refractivity contribution in [1.29, 1.82) is 0 Å². The van der Waals surface area contributed by atoms with Crippen molar-refractivity contribution in [2.75, 3.05) is 0 Å². The summed E-state index contributed by atoms with van der Waals surface area (Å²) in [6, 6.07) is 83.5. The van der Waals surface area contributed by atoms with Gasteiger partial charge in [0.1, 0.15) is 0 Å². The summed E-state index contributed by atoms with van der Waals surface area (Å²) in [5.74, 6) is 0. The highest BCUT2D eigenvalue weighted by atomic mass is 14.5. The Morgan fingerprint density at radius 3 is 1.56 bits per heavy atom. The van der Waals surface area contributed by atoms with Crippen LogP contribution in [0.15, 0.2) is 231 Å². The van der Waals surface area contributed by atoms with Crippen molar-refractivity contribution >= 4 is 5.57 Å². The Morgan fingerprint density at radius 2 is 0.902 bits per heavy atom. The van der Waals surface area contributed by atoms with Gasteiger partial charge in [0, 0.05) is 5.41 Å². The Hall–Kier alpha value is -7.28. The second-order valence-electron chi connectivity index (χ2n) is 17.1. The van der Waals surface area contributed by atoms with Crippen LogP contribution in [-0.2, 0) is 17.3 Å². The zero-order valence-electron chi connectivity index (χ0n) is 34.6. The summed E-state index contributed by atoms with van der Waals surface area (Å²) < 4.78 is 0. The number of benzene rings is 9. The molecule has 290 valence electrons. The van der Waals surface area contributed by atoms with Gasteiger partial charge in [-0.15, -0.1) is 0 Å². The molecule has 0 radical (unpaired) electrons. The molecule has 11 rings (SSSR count). The molecule has 1 spiro atoms. The fraction of sp³-hybridized carbons (Fsp3) is 0.0820. The van der Waals surface area contributed by atoms with Gasteiger partial charge in [0.15, 0.2) is 0 Å². The van der Waals surface area contributed by atoms with Gasteiger partial charge in [0.2, 0.25) is 0 Å². The third-order valence-corrected chi connectivity index (χ3v) is 13.5. The van der Waals surface area contributed by atoms with Crippen LogP contribution in [-0.4, -0.2) is 0 Å². The van der Waals surface area contributed by atoms with E-state index in [1.807, 2.05) is 0 Å². The van der Waals surface area contributed by atoms with Gasteiger partial charge < -0.3 is 0 Å². The molecule has 0 unspecified atom stereocenters. The molecule has 0 aliphatic heterocycles. The van der Waals surface area contributed by atoms with Crippen molar-refractivity contribution in [3.8, 4) is 44.5 Å². The van der Waals surface area contributed by atoms with Crippen molar-refractivity contribution in [1.82, 2.24) is 0 Å². The van der Waals surface area contributed by atoms with Gasteiger partial charge in [-0.2, -0.15) is 0 Å². The lowest BCUT2D eigenvalue weighted by molar-refractivity contribution is 0.563. The molecular weight excluding hydrogens is 733 g/mol. The summed E-state index contributed by atoms with van der Waals surface area (Å²) in [5, 5.41) is 0. The van der Waals surface area contributed by atoms with Gasteiger partial charge in [-0.3, -0.25) is 0 Å². The fourth-order valence-electron chi connectivity index (χ4n) is 10.6. The molecule has 0 saturated carbocycles. The quantitative estimate of drug-likeness (QED) is 0.151. The van der Waals surface area contributed by atoms with Crippen molar-refractivity contribution in [3.63, 3.8) is 0 Å². The fourth-order valence-corrected chi connectivity index (χ4v) is 10.6. The average Bonchev–Trinajstić information content (AvgIpc) is 3.63. The summed E-state index contributed by atoms with van der Waals surface area (Å²) in [7, 11) is 0. The first-order valence-corrected chi connectivity index (χ1v) is 21.6. The molecule has 0 amide bonds. The molecule has 0 fully saturated rings. The van der Waals surface area contributed by atoms with Crippen LogP contribution >= 0.6 is 0 Å². The van der Waals surface area contributed by atoms with Crippen LogP contribution in [0.2, 0.25) is 0 Å². The standard InChI is InChI=1S/C61H46/c1-60(2)54-29-15-17-31-56(54)61(57-32-18-16-30-55(57)60)53-39-36-47(49-38-35-46(43-22-9-4-10-23-43)40-51(49)45-26-13-6-14-27-45)41-52(53)59-50(28-19-33-58(59)61)48(44-24-11-5-12-25-44)37-34-42-20-7-3-8-21-42/h3-33,35-41H,34H2,1-2H3/b48-37-. The summed E-state index contributed by atoms with van der Waals surface area (Å²) in [4.78, 5) is 0. The minimum atomic E-state index is -0.511. The number of hydrogen-bond donors (Lipinski definition) is 0. The molecule has 0 bridgehead atoms. The SMILES string of the molecule is CC1(C)c2ccccc2C2(c3ccc(-c4ccc(-c5ccccc5)cc4-c4ccccc4)cc3-c3c(/C(=C\Cc4ccccc4)c4ccccc4)cccc32)c2ccccc21. The molecular formula is C61H46. The molecule has 0 N–H and O–H groups in total. The van der Waals surface area contributed by atoms with E-state index in [0.29, 0.717) is 0 Å². The lowest BCUT2D eigenvalue weighted by Crippen LogP contribution is -2.40. The van der Waals surface area contributed by atoms with Gasteiger partial charge in [0.25, 0.3) is 0 Å². The summed E-state index contributed by atoms with van der Waals surface area (Å²) >= 11 is 0. The van der Waals surface area contributed by atoms with Crippen molar-refractivity contribution in [3.05, 3.63) is 281 Å². The number of fused-ring (bicyclic) bond motifs is 9. The molecule has 2 aliphatic rings. The smallest absolute Gasteiger partial charge is 0.0716 e. The largest absolute Gasteiger partial charge is 0.0719 e. The first kappa shape index (κ1) is 36.8. The predicted molar refractivity (Wildman–Crippen MR) is 256 cm³/mol. The molecule has 9 aromatic carbocycles. The molecule has 0 atom stereocenters. The zero-order chi connectivity index (χ0) is 41.0. The third kappa shape index (κ3) is 5.89. The van der Waals surface area contributed by atoms with E-state index in [1.165, 1.54) is 100 Å². The van der Waals surface area contributed by atoms with E-state index in [-0.39, 0.29) is 5.41 Å². The highest BCUT2D eigenvalue weighted by molar-refractivity contribution is 5.99. The van der Waals surface area contributed by atoms with E-state index in [4.69, 9.17) is 0 Å². The lowest BCUT2D eigenvalue weighted by Gasteiger charge is -2.46. The number of allylic oxidation sites excluding steroid dienone is 1. The van der Waals surface area contributed by atoms with Gasteiger partial charge in [0.05, 0.1) is 5.41 Å². The van der Waals surface area contributed by atoms with Crippen LogP contribution in [0, 0.1) is 0 Å². The number of rotatable bonds is 7. The normalized spacial score (nSPS) is 14.2. The van der Waals surface area contributed by atoms with E-state index >= 15 is 0 Å². The van der Waals surface area contributed by atoms with Crippen molar-refractivity contribution in [2.45, 2.75) is 31.1 Å². The lowest BCUT2D eigenvalue weighted by atomic mass is 9.55. The van der Waals surface area contributed by atoms with Crippen LogP contribution in [0.4, 0.5) is 0 Å². The molecule has 0 saturated heterocycles. The Labute approximate surface area is 360 Å². The Balaban J connectivity index is 1.22. The van der Waals surface area contributed by atoms with Crippen LogP contribution in [0.1, 0.15) is 63.9 Å². The minimum Gasteiger partial charge on any atom is -0.0716 e. The summed E-state index contributed by atoms with van der Waals surface area (Å²) in [6.07, 6.45) is 3.29. The summed E-state index contributed by atoms with van der Waals surface area (Å²) in [6.45, 7) is 4.80. The van der Waals surface area contributed by atoms with E-state index in [1.54, 1.807) is 0 Å². The maximum Gasteiger partial charge on any atom is 0.0719 e. The first-order valence-electron chi connectivity index (χ1n) is 21.6. The van der Waals surface area contributed by atoms with Crippen LogP contribution in [0.3, 0.4) is 0 Å². The first-order chi connectivity index (χ1) is 30.0. The van der Waals surface area contributed by atoms with E-state index in [9.17, 15) is 0 Å². The van der Waals surface area contributed by atoms with Gasteiger partial charge in [-0.1, -0.05) is 232 Å². The van der Waals surface area contributed by atoms with Gasteiger partial charge >= 0.3 is 0 Å². The highest BCUT2D eigenvalue weighted by Crippen LogP contribution is 2.63. The van der Waals surface area contributed by atoms with Crippen molar-refractivity contribution in [2.24, 2.45) is 0 Å². The van der Waals surface area contributed by atoms with Gasteiger partial charge in [-0.25, -0.2) is 0 Å². The molecule has 61 heavy (non-hydrogen) atoms. The minimum absolute atomic E-state index is 0.172. The van der Waals surface area contributed by atoms with E-state index in [0.717, 1.165) is 6.42 Å². The second kappa shape index (κ2) is 14.8. The molecule has 9 aromatic rings. The van der Waals surface area contributed by atoms with Crippen LogP contribution in [0.5, 0.6) is 0 Å². The zero-order valence-corrected chi connectivity index (χ0v) is 34.6. The average molecular weight is 779 g/mol. The van der Waals surface area contributed by atoms with E-state index < -0.39 is 5.41 Å². The van der Waals surface area contributed by atoms with E-state index in [2.05, 4.69) is 244 Å². The summed E-state index contributed by atoms with van der Waals surface area (Å²) in [5.41, 5.74) is 22.4. The molecule has 0 heteroatoms. The Bertz CT molecular complexity index is 3050. The maximum absolute atomic E-state index is 2.52. The van der Waals surface area contributed by atoms with Crippen LogP contribution in [0.25, 0.3) is 50.1 Å². The molecule has 0 nitrogen and oxygen atoms in total. The predicted octanol–water partition coefficient (Wildman–Crippen LogP) is 15.4. The van der Waals surface area contributed by atoms with Gasteiger partial charge in [-0.05, 0) is 119 Å². The number of hydrogen-bond acceptors (Lipinski definition) is 0. The monoisotopic (exact) mass is 778 g/mol. The topological polar surface area (TPSA) is 0 Å². The Morgan fingerprint density at radius 1 is 0.377 bits per heavy atom. The maximum atomic E-state index is 2.52. The molecule has 2 aliphatic carbocycles. The molecule has 0 heterocycles. The van der Waals surface area contributed by atoms with Crippen LogP contribution < -0.4 is 0 Å².